The number of benzene rings is 1. The van der Waals surface area contributed by atoms with Gasteiger partial charge in [0, 0.05) is 5.69 Å². The quantitative estimate of drug-likeness (QED) is 0.338. The molecular weight excluding hydrogens is 373 g/mol. The highest BCUT2D eigenvalue weighted by molar-refractivity contribution is 14.0. The number of nitrogens with zero attached hydrogens (tertiary/aromatic N) is 1. The highest BCUT2D eigenvalue weighted by Crippen LogP contribution is 2.20. The zero-order valence-electron chi connectivity index (χ0n) is 13.3. The molecule has 0 aromatic heterocycles. The number of nitrogens with two attached hydrogens (primary N) is 1. The molecule has 3 nitrogen and oxygen atoms in total. The first-order chi connectivity index (χ1) is 9.47. The Labute approximate surface area is 145 Å². The molecule has 0 aliphatic heterocycles. The van der Waals surface area contributed by atoms with Gasteiger partial charge in [0.25, 0.3) is 0 Å². The minimum Gasteiger partial charge on any atom is -0.370 e. The molecule has 0 saturated heterocycles. The lowest BCUT2D eigenvalue weighted by atomic mass is 9.99. The van der Waals surface area contributed by atoms with Gasteiger partial charge in [-0.15, -0.1) is 30.4 Å². The molecule has 1 aromatic carbocycles. The number of aliphatic imine (C=N–C) groups is 1. The van der Waals surface area contributed by atoms with E-state index < -0.39 is 0 Å². The molecule has 21 heavy (non-hydrogen) atoms. The lowest BCUT2D eigenvalue weighted by Gasteiger charge is -2.13. The zero-order chi connectivity index (χ0) is 15.1. The normalized spacial score (nSPS) is 14.0. The Morgan fingerprint density at radius 3 is 2.29 bits per heavy atom. The highest BCUT2D eigenvalue weighted by Gasteiger charge is 2.09. The summed E-state index contributed by atoms with van der Waals surface area (Å²) in [5.41, 5.74) is 8.15. The summed E-state index contributed by atoms with van der Waals surface area (Å²) in [5, 5.41) is 3.08. The maximum Gasteiger partial charge on any atom is 0.194 e. The van der Waals surface area contributed by atoms with Crippen molar-refractivity contribution in [1.82, 2.24) is 0 Å². The van der Waals surface area contributed by atoms with Crippen LogP contribution in [0.25, 0.3) is 0 Å². The molecule has 2 unspecified atom stereocenters. The number of nitrogens with one attached hydrogen (secondary N) is 1. The summed E-state index contributed by atoms with van der Waals surface area (Å²) in [7, 11) is 0. The van der Waals surface area contributed by atoms with Gasteiger partial charge in [-0.2, -0.15) is 0 Å². The average molecular weight is 399 g/mol. The van der Waals surface area contributed by atoms with Crippen molar-refractivity contribution in [3.05, 3.63) is 29.8 Å². The van der Waals surface area contributed by atoms with E-state index in [1.807, 2.05) is 26.0 Å². The number of terminal acetylenes is 1. The predicted octanol–water partition coefficient (Wildman–Crippen LogP) is 4.20. The Bertz CT molecular complexity index is 486. The smallest absolute Gasteiger partial charge is 0.194 e. The molecule has 2 atom stereocenters. The Hall–Kier alpha value is -1.22. The van der Waals surface area contributed by atoms with Crippen molar-refractivity contribution < 1.29 is 0 Å². The molecule has 1 rings (SSSR count). The van der Waals surface area contributed by atoms with Crippen LogP contribution in [0.4, 0.5) is 5.69 Å². The fraction of sp³-hybridized carbons (Fsp3) is 0.471. The molecule has 3 N–H and O–H groups in total. The van der Waals surface area contributed by atoms with Gasteiger partial charge in [-0.1, -0.05) is 45.7 Å². The molecule has 0 fully saturated rings. The first-order valence-electron chi connectivity index (χ1n) is 7.14. The minimum absolute atomic E-state index is 0. The maximum atomic E-state index is 5.89. The second-order valence-corrected chi connectivity index (χ2v) is 5.43. The summed E-state index contributed by atoms with van der Waals surface area (Å²) in [6.07, 6.45) is 6.58. The SMILES string of the molecule is C#CC(N=C(N)Nc1ccc(C(C)CC)cc1)C(C)C.I. The van der Waals surface area contributed by atoms with E-state index in [1.165, 1.54) is 5.56 Å². The third kappa shape index (κ3) is 6.38. The molecule has 0 saturated carbocycles. The number of halogens is 1. The van der Waals surface area contributed by atoms with Crippen LogP contribution >= 0.6 is 24.0 Å². The van der Waals surface area contributed by atoms with E-state index in [-0.39, 0.29) is 35.9 Å². The predicted molar refractivity (Wildman–Crippen MR) is 103 cm³/mol. The Kier molecular flexibility index (Phi) is 9.11. The van der Waals surface area contributed by atoms with Crippen LogP contribution < -0.4 is 11.1 Å². The third-order valence-electron chi connectivity index (χ3n) is 3.44. The van der Waals surface area contributed by atoms with E-state index >= 15 is 0 Å². The van der Waals surface area contributed by atoms with E-state index in [0.717, 1.165) is 12.1 Å². The lowest BCUT2D eigenvalue weighted by molar-refractivity contribution is 0.586. The van der Waals surface area contributed by atoms with Gasteiger partial charge >= 0.3 is 0 Å². The van der Waals surface area contributed by atoms with Crippen molar-refractivity contribution in [2.45, 2.75) is 46.1 Å². The summed E-state index contributed by atoms with van der Waals surface area (Å²) < 4.78 is 0. The van der Waals surface area contributed by atoms with Crippen molar-refractivity contribution in [2.75, 3.05) is 5.32 Å². The Balaban J connectivity index is 0.00000400. The van der Waals surface area contributed by atoms with Crippen molar-refractivity contribution in [3.8, 4) is 12.3 Å². The fourth-order valence-electron chi connectivity index (χ4n) is 1.84. The molecular formula is C17H26IN3. The van der Waals surface area contributed by atoms with Crippen molar-refractivity contribution in [1.29, 1.82) is 0 Å². The van der Waals surface area contributed by atoms with Gasteiger partial charge in [0.15, 0.2) is 5.96 Å². The molecule has 1 aromatic rings. The van der Waals surface area contributed by atoms with Gasteiger partial charge in [0.2, 0.25) is 0 Å². The van der Waals surface area contributed by atoms with Crippen LogP contribution in [-0.2, 0) is 0 Å². The molecule has 0 radical (unpaired) electrons. The summed E-state index contributed by atoms with van der Waals surface area (Å²) >= 11 is 0. The van der Waals surface area contributed by atoms with Crippen LogP contribution in [0.2, 0.25) is 0 Å². The number of rotatable bonds is 5. The first-order valence-corrected chi connectivity index (χ1v) is 7.14. The second-order valence-electron chi connectivity index (χ2n) is 5.43. The zero-order valence-corrected chi connectivity index (χ0v) is 15.6. The highest BCUT2D eigenvalue weighted by atomic mass is 127. The van der Waals surface area contributed by atoms with E-state index in [9.17, 15) is 0 Å². The second kappa shape index (κ2) is 9.67. The largest absolute Gasteiger partial charge is 0.370 e. The number of hydrogen-bond donors (Lipinski definition) is 2. The van der Waals surface area contributed by atoms with Crippen molar-refractivity contribution in [2.24, 2.45) is 16.6 Å². The van der Waals surface area contributed by atoms with Gasteiger partial charge < -0.3 is 11.1 Å². The van der Waals surface area contributed by atoms with Crippen LogP contribution in [-0.4, -0.2) is 12.0 Å². The van der Waals surface area contributed by atoms with Gasteiger partial charge in [0.05, 0.1) is 0 Å². The van der Waals surface area contributed by atoms with Gasteiger partial charge in [-0.05, 0) is 36.0 Å². The molecule has 4 heteroatoms. The molecule has 0 aliphatic rings. The van der Waals surface area contributed by atoms with E-state index in [1.54, 1.807) is 0 Å². The van der Waals surface area contributed by atoms with Crippen LogP contribution in [0.3, 0.4) is 0 Å². The lowest BCUT2D eigenvalue weighted by Crippen LogP contribution is -2.26. The monoisotopic (exact) mass is 399 g/mol. The van der Waals surface area contributed by atoms with E-state index in [2.05, 4.69) is 42.2 Å². The summed E-state index contributed by atoms with van der Waals surface area (Å²) in [4.78, 5) is 4.31. The topological polar surface area (TPSA) is 50.4 Å². The van der Waals surface area contributed by atoms with E-state index in [4.69, 9.17) is 12.2 Å². The molecule has 0 aliphatic carbocycles. The number of anilines is 1. The standard InChI is InChI=1S/C17H25N3.HI/c1-6-13(5)14-8-10-15(11-9-14)19-17(18)20-16(7-2)12(3)4;/h2,8-13,16H,6H2,1,3-5H3,(H3,18,19,20);1H. The van der Waals surface area contributed by atoms with Crippen molar-refractivity contribution in [3.63, 3.8) is 0 Å². The van der Waals surface area contributed by atoms with E-state index in [0.29, 0.717) is 11.9 Å². The fourth-order valence-corrected chi connectivity index (χ4v) is 1.84. The van der Waals surface area contributed by atoms with Crippen LogP contribution in [0.5, 0.6) is 0 Å². The minimum atomic E-state index is -0.193. The van der Waals surface area contributed by atoms with Crippen LogP contribution in [0.1, 0.15) is 45.6 Å². The van der Waals surface area contributed by atoms with Gasteiger partial charge in [0.1, 0.15) is 6.04 Å². The molecule has 116 valence electrons. The van der Waals surface area contributed by atoms with Crippen LogP contribution in [0, 0.1) is 18.3 Å². The van der Waals surface area contributed by atoms with Crippen LogP contribution in [0.15, 0.2) is 29.3 Å². The molecule has 0 bridgehead atoms. The Morgan fingerprint density at radius 1 is 1.29 bits per heavy atom. The first kappa shape index (κ1) is 19.8. The summed E-state index contributed by atoms with van der Waals surface area (Å²) in [6.45, 7) is 8.47. The average Bonchev–Trinajstić information content (AvgIpc) is 2.44. The molecule has 0 spiro atoms. The summed E-state index contributed by atoms with van der Waals surface area (Å²) in [5.74, 6) is 3.84. The van der Waals surface area contributed by atoms with Gasteiger partial charge in [-0.3, -0.25) is 0 Å². The molecule has 0 amide bonds. The third-order valence-corrected chi connectivity index (χ3v) is 3.44. The Morgan fingerprint density at radius 2 is 1.86 bits per heavy atom. The maximum absolute atomic E-state index is 5.89. The van der Waals surface area contributed by atoms with Gasteiger partial charge in [-0.25, -0.2) is 4.99 Å². The number of guanidine groups is 1. The summed E-state index contributed by atoms with van der Waals surface area (Å²) in [6, 6.07) is 8.08. The van der Waals surface area contributed by atoms with Crippen molar-refractivity contribution >= 4 is 35.6 Å². The number of hydrogen-bond acceptors (Lipinski definition) is 1. The molecule has 0 heterocycles.